The fraction of sp³-hybridized carbons (Fsp3) is 0.209. The first-order valence-corrected chi connectivity index (χ1v) is 18.5. The molecule has 0 fully saturated rings. The highest BCUT2D eigenvalue weighted by molar-refractivity contribution is 8.33. The van der Waals surface area contributed by atoms with Gasteiger partial charge in [-0.05, 0) is 129 Å². The summed E-state index contributed by atoms with van der Waals surface area (Å²) in [6, 6.07) is 32.6. The molecule has 2 heteroatoms. The number of hydrogen-bond acceptors (Lipinski definition) is 1. The molecule has 0 saturated carbocycles. The highest BCUT2D eigenvalue weighted by Gasteiger charge is 2.35. The largest absolute Gasteiger partial charge is 0.455 e. The van der Waals surface area contributed by atoms with E-state index in [9.17, 15) is 0 Å². The van der Waals surface area contributed by atoms with Gasteiger partial charge >= 0.3 is 0 Å². The van der Waals surface area contributed by atoms with E-state index in [1.165, 1.54) is 97.4 Å². The Morgan fingerprint density at radius 1 is 0.600 bits per heavy atom. The normalized spacial score (nSPS) is 15.1. The van der Waals surface area contributed by atoms with Crippen LogP contribution in [-0.2, 0) is 5.41 Å². The van der Waals surface area contributed by atoms with E-state index in [1.807, 2.05) is 0 Å². The number of hydrogen-bond donors (Lipinski definition) is 0. The Balaban J connectivity index is 1.54. The standard InChI is InChI=1S/C43H38OS/c1-23-19-24(2)36(25(3)20-23)40-30-16-17-31-37-26(21-32-28-11-9-10-12-35(28)45(7,8)42(31)32)13-15-29(38(30)37)39-33-22-27(43(4,5)6)14-18-34(33)44-41(39)40/h9-22H,1-8H3. The van der Waals surface area contributed by atoms with Crippen LogP contribution in [0.1, 0.15) is 43.0 Å². The van der Waals surface area contributed by atoms with Gasteiger partial charge < -0.3 is 4.42 Å². The maximum atomic E-state index is 6.95. The number of rotatable bonds is 1. The molecule has 1 nitrogen and oxygen atoms in total. The van der Waals surface area contributed by atoms with Crippen LogP contribution in [0.4, 0.5) is 0 Å². The third-order valence-corrected chi connectivity index (χ3v) is 13.4. The first-order chi connectivity index (χ1) is 21.4. The molecule has 1 aliphatic rings. The molecule has 7 aromatic carbocycles. The maximum absolute atomic E-state index is 6.95. The zero-order valence-corrected chi connectivity index (χ0v) is 28.2. The first kappa shape index (κ1) is 27.1. The number of fused-ring (bicyclic) bond motifs is 8. The van der Waals surface area contributed by atoms with Crippen LogP contribution in [-0.4, -0.2) is 12.5 Å². The first-order valence-electron chi connectivity index (χ1n) is 16.0. The van der Waals surface area contributed by atoms with Crippen LogP contribution < -0.4 is 0 Å². The van der Waals surface area contributed by atoms with E-state index in [0.29, 0.717) is 0 Å². The van der Waals surface area contributed by atoms with Gasteiger partial charge in [0.1, 0.15) is 11.2 Å². The van der Waals surface area contributed by atoms with Crippen LogP contribution >= 0.6 is 10.0 Å². The summed E-state index contributed by atoms with van der Waals surface area (Å²) in [6.45, 7) is 13.6. The van der Waals surface area contributed by atoms with E-state index in [2.05, 4.69) is 139 Å². The van der Waals surface area contributed by atoms with Crippen molar-refractivity contribution in [1.29, 1.82) is 0 Å². The minimum atomic E-state index is -1.18. The van der Waals surface area contributed by atoms with Crippen molar-refractivity contribution in [1.82, 2.24) is 0 Å². The lowest BCUT2D eigenvalue weighted by atomic mass is 9.83. The second-order valence-corrected chi connectivity index (χ2v) is 18.2. The Bertz CT molecular complexity index is 2550. The van der Waals surface area contributed by atoms with Crippen molar-refractivity contribution in [3.05, 3.63) is 107 Å². The second-order valence-electron chi connectivity index (χ2n) is 14.7. The summed E-state index contributed by atoms with van der Waals surface area (Å²) in [6.07, 6.45) is 4.96. The molecule has 0 saturated heterocycles. The molecule has 9 rings (SSSR count). The SMILES string of the molecule is Cc1cc(C)c(-c2c3ccc4c5c(cc6ccc(c7c2oc2ccc(C(C)(C)C)cc27)c3c64)-c2ccccc2S5(C)C)c(C)c1. The van der Waals surface area contributed by atoms with Crippen LogP contribution in [0.15, 0.2) is 99.1 Å². The molecule has 0 radical (unpaired) electrons. The van der Waals surface area contributed by atoms with Gasteiger partial charge in [0.25, 0.3) is 0 Å². The summed E-state index contributed by atoms with van der Waals surface area (Å²) in [7, 11) is -1.18. The van der Waals surface area contributed by atoms with E-state index in [4.69, 9.17) is 4.42 Å². The van der Waals surface area contributed by atoms with Gasteiger partial charge in [0.2, 0.25) is 0 Å². The van der Waals surface area contributed by atoms with Gasteiger partial charge in [0.15, 0.2) is 0 Å². The van der Waals surface area contributed by atoms with Crippen LogP contribution in [0.2, 0.25) is 0 Å². The van der Waals surface area contributed by atoms with Gasteiger partial charge in [-0.2, -0.15) is 10.0 Å². The second kappa shape index (κ2) is 8.71. The van der Waals surface area contributed by atoms with Gasteiger partial charge in [-0.25, -0.2) is 0 Å². The van der Waals surface area contributed by atoms with Crippen LogP contribution in [0, 0.1) is 20.8 Å². The molecular weight excluding hydrogens is 565 g/mol. The molecule has 1 aromatic heterocycles. The number of benzene rings is 7. The quantitative estimate of drug-likeness (QED) is 0.170. The molecule has 0 bridgehead atoms. The molecule has 222 valence electrons. The minimum Gasteiger partial charge on any atom is -0.455 e. The van der Waals surface area contributed by atoms with Crippen molar-refractivity contribution in [3.63, 3.8) is 0 Å². The van der Waals surface area contributed by atoms with E-state index in [-0.39, 0.29) is 5.41 Å². The molecule has 45 heavy (non-hydrogen) atoms. The summed E-state index contributed by atoms with van der Waals surface area (Å²) in [5, 5.41) is 10.5. The van der Waals surface area contributed by atoms with Crippen molar-refractivity contribution in [2.24, 2.45) is 0 Å². The zero-order valence-electron chi connectivity index (χ0n) is 27.4. The molecule has 0 spiro atoms. The van der Waals surface area contributed by atoms with Gasteiger partial charge in [-0.3, -0.25) is 0 Å². The zero-order chi connectivity index (χ0) is 31.2. The summed E-state index contributed by atoms with van der Waals surface area (Å²) in [4.78, 5) is 3.03. The van der Waals surface area contributed by atoms with Crippen molar-refractivity contribution in [3.8, 4) is 22.3 Å². The third kappa shape index (κ3) is 3.47. The summed E-state index contributed by atoms with van der Waals surface area (Å²) >= 11 is 0. The monoisotopic (exact) mass is 602 g/mol. The predicted octanol–water partition coefficient (Wildman–Crippen LogP) is 12.8. The molecule has 1 aliphatic heterocycles. The van der Waals surface area contributed by atoms with Crippen LogP contribution in [0.5, 0.6) is 0 Å². The predicted molar refractivity (Wildman–Crippen MR) is 197 cm³/mol. The van der Waals surface area contributed by atoms with Gasteiger partial charge in [-0.15, -0.1) is 0 Å². The van der Waals surface area contributed by atoms with E-state index >= 15 is 0 Å². The topological polar surface area (TPSA) is 13.1 Å². The highest BCUT2D eigenvalue weighted by atomic mass is 32.3. The fourth-order valence-corrected chi connectivity index (χ4v) is 11.4. The van der Waals surface area contributed by atoms with Gasteiger partial charge in [0, 0.05) is 26.1 Å². The molecular formula is C43H38OS. The van der Waals surface area contributed by atoms with E-state index in [0.717, 1.165) is 11.2 Å². The van der Waals surface area contributed by atoms with Crippen molar-refractivity contribution in [2.45, 2.75) is 56.7 Å². The van der Waals surface area contributed by atoms with Crippen molar-refractivity contribution < 1.29 is 4.42 Å². The summed E-state index contributed by atoms with van der Waals surface area (Å²) in [5.41, 5.74) is 12.5. The van der Waals surface area contributed by atoms with Gasteiger partial charge in [-0.1, -0.05) is 87.0 Å². The van der Waals surface area contributed by atoms with Crippen LogP contribution in [0.3, 0.4) is 0 Å². The maximum Gasteiger partial charge on any atom is 0.144 e. The molecule has 0 N–H and O–H groups in total. The van der Waals surface area contributed by atoms with Gasteiger partial charge in [0.05, 0.1) is 0 Å². The smallest absolute Gasteiger partial charge is 0.144 e. The molecule has 0 aliphatic carbocycles. The Hall–Kier alpha value is -4.27. The Morgan fingerprint density at radius 3 is 2.07 bits per heavy atom. The van der Waals surface area contributed by atoms with Crippen LogP contribution in [0.25, 0.3) is 76.5 Å². The lowest BCUT2D eigenvalue weighted by Crippen LogP contribution is -2.10. The Labute approximate surface area is 266 Å². The molecule has 0 amide bonds. The number of furan rings is 1. The molecule has 2 heterocycles. The third-order valence-electron chi connectivity index (χ3n) is 10.5. The minimum absolute atomic E-state index is 0.0401. The summed E-state index contributed by atoms with van der Waals surface area (Å²) in [5.74, 6) is 0. The summed E-state index contributed by atoms with van der Waals surface area (Å²) < 4.78 is 6.95. The van der Waals surface area contributed by atoms with E-state index in [1.54, 1.807) is 0 Å². The lowest BCUT2D eigenvalue weighted by Gasteiger charge is -2.30. The number of aryl methyl sites for hydroxylation is 3. The average Bonchev–Trinajstić information content (AvgIpc) is 3.48. The fourth-order valence-electron chi connectivity index (χ4n) is 8.56. The highest BCUT2D eigenvalue weighted by Crippen LogP contribution is 2.69. The van der Waals surface area contributed by atoms with Crippen molar-refractivity contribution >= 4 is 64.3 Å². The molecule has 0 unspecified atom stereocenters. The average molecular weight is 603 g/mol. The Morgan fingerprint density at radius 2 is 1.31 bits per heavy atom. The van der Waals surface area contributed by atoms with Crippen molar-refractivity contribution in [2.75, 3.05) is 12.5 Å². The molecule has 8 aromatic rings. The molecule has 0 atom stereocenters. The van der Waals surface area contributed by atoms with E-state index < -0.39 is 10.0 Å². The Kier molecular flexibility index (Phi) is 5.24. The lowest BCUT2D eigenvalue weighted by molar-refractivity contribution is 0.590.